The molecule has 0 aliphatic heterocycles. The van der Waals surface area contributed by atoms with Gasteiger partial charge in [-0.15, -0.1) is 12.6 Å². The Hall–Kier alpha value is -0.180. The van der Waals surface area contributed by atoms with E-state index in [0.717, 1.165) is 22.0 Å². The Labute approximate surface area is 83.7 Å². The lowest BCUT2D eigenvalue weighted by molar-refractivity contribution is 0.399. The number of hydrogen-bond donors (Lipinski definition) is 1. The minimum absolute atomic E-state index is 0.768. The van der Waals surface area contributed by atoms with Crippen LogP contribution in [0.3, 0.4) is 0 Å². The molecule has 1 nitrogen and oxygen atoms in total. The van der Waals surface area contributed by atoms with Crippen molar-refractivity contribution in [1.82, 2.24) is 4.90 Å². The van der Waals surface area contributed by atoms with E-state index < -0.39 is 0 Å². The molecule has 0 aliphatic carbocycles. The molecule has 12 heavy (non-hydrogen) atoms. The fraction of sp³-hybridized carbons (Fsp3) is 0.333. The number of hydrogen-bond acceptors (Lipinski definition) is 2. The summed E-state index contributed by atoms with van der Waals surface area (Å²) in [4.78, 5) is 3.08. The molecule has 1 rings (SSSR count). The average molecular weight is 202 g/mol. The first kappa shape index (κ1) is 9.90. The lowest BCUT2D eigenvalue weighted by atomic mass is 10.2. The monoisotopic (exact) mass is 201 g/mol. The average Bonchev–Trinajstić information content (AvgIpc) is 1.96. The van der Waals surface area contributed by atoms with Crippen molar-refractivity contribution in [2.45, 2.75) is 11.4 Å². The van der Waals surface area contributed by atoms with Gasteiger partial charge in [0, 0.05) is 16.5 Å². The smallest absolute Gasteiger partial charge is 0.0410 e. The molecular formula is C9H12ClNS. The van der Waals surface area contributed by atoms with Crippen LogP contribution in [0.25, 0.3) is 0 Å². The lowest BCUT2D eigenvalue weighted by Gasteiger charge is -2.11. The Morgan fingerprint density at radius 1 is 1.42 bits per heavy atom. The number of rotatable bonds is 2. The van der Waals surface area contributed by atoms with Gasteiger partial charge in [0.25, 0.3) is 0 Å². The van der Waals surface area contributed by atoms with Crippen molar-refractivity contribution in [3.8, 4) is 0 Å². The van der Waals surface area contributed by atoms with Crippen LogP contribution in [-0.2, 0) is 6.54 Å². The lowest BCUT2D eigenvalue weighted by Crippen LogP contribution is -2.11. The van der Waals surface area contributed by atoms with E-state index in [1.165, 1.54) is 0 Å². The van der Waals surface area contributed by atoms with Gasteiger partial charge in [0.05, 0.1) is 0 Å². The zero-order chi connectivity index (χ0) is 9.14. The summed E-state index contributed by atoms with van der Waals surface area (Å²) in [6, 6.07) is 5.72. The highest BCUT2D eigenvalue weighted by Gasteiger charge is 2.00. The molecule has 3 heteroatoms. The highest BCUT2D eigenvalue weighted by atomic mass is 35.5. The number of benzene rings is 1. The van der Waals surface area contributed by atoms with Crippen molar-refractivity contribution < 1.29 is 0 Å². The van der Waals surface area contributed by atoms with Gasteiger partial charge in [-0.3, -0.25) is 0 Å². The highest BCUT2D eigenvalue weighted by Crippen LogP contribution is 2.19. The van der Waals surface area contributed by atoms with Crippen molar-refractivity contribution in [2.24, 2.45) is 0 Å². The largest absolute Gasteiger partial charge is 0.305 e. The van der Waals surface area contributed by atoms with Gasteiger partial charge in [-0.2, -0.15) is 0 Å². The van der Waals surface area contributed by atoms with Crippen LogP contribution in [0.4, 0.5) is 0 Å². The van der Waals surface area contributed by atoms with Gasteiger partial charge in [-0.05, 0) is 37.9 Å². The van der Waals surface area contributed by atoms with Gasteiger partial charge in [0.2, 0.25) is 0 Å². The molecule has 0 unspecified atom stereocenters. The van der Waals surface area contributed by atoms with E-state index in [1.54, 1.807) is 0 Å². The molecular weight excluding hydrogens is 190 g/mol. The molecule has 0 aromatic heterocycles. The number of nitrogens with zero attached hydrogens (tertiary/aromatic N) is 1. The standard InChI is InChI=1S/C9H12ClNS/c1-11(2)6-7-5-8(10)3-4-9(7)12/h3-5,12H,6H2,1-2H3. The van der Waals surface area contributed by atoms with E-state index in [2.05, 4.69) is 17.5 Å². The maximum atomic E-state index is 5.85. The predicted molar refractivity (Wildman–Crippen MR) is 56.1 cm³/mol. The molecule has 1 aromatic rings. The zero-order valence-corrected chi connectivity index (χ0v) is 8.86. The molecule has 0 saturated carbocycles. The fourth-order valence-corrected chi connectivity index (χ4v) is 1.43. The van der Waals surface area contributed by atoms with Gasteiger partial charge in [0.15, 0.2) is 0 Å². The molecule has 1 aromatic carbocycles. The summed E-state index contributed by atoms with van der Waals surface area (Å²) in [5.74, 6) is 0. The maximum absolute atomic E-state index is 5.85. The molecule has 0 radical (unpaired) electrons. The second kappa shape index (κ2) is 4.17. The zero-order valence-electron chi connectivity index (χ0n) is 7.21. The molecule has 0 spiro atoms. The van der Waals surface area contributed by atoms with Gasteiger partial charge in [-0.25, -0.2) is 0 Å². The van der Waals surface area contributed by atoms with Crippen LogP contribution in [0, 0.1) is 0 Å². The quantitative estimate of drug-likeness (QED) is 0.721. The van der Waals surface area contributed by atoms with E-state index in [9.17, 15) is 0 Å². The first-order valence-electron chi connectivity index (χ1n) is 3.71. The molecule has 0 N–H and O–H groups in total. The number of halogens is 1. The Kier molecular flexibility index (Phi) is 3.44. The van der Waals surface area contributed by atoms with E-state index in [1.807, 2.05) is 32.3 Å². The summed E-state index contributed by atoms with van der Waals surface area (Å²) >= 11 is 10.2. The van der Waals surface area contributed by atoms with Crippen LogP contribution < -0.4 is 0 Å². The van der Waals surface area contributed by atoms with Crippen LogP contribution in [0.2, 0.25) is 5.02 Å². The molecule has 0 bridgehead atoms. The summed E-state index contributed by atoms with van der Waals surface area (Å²) in [5, 5.41) is 0.768. The minimum atomic E-state index is 0.768. The van der Waals surface area contributed by atoms with Crippen molar-refractivity contribution in [3.05, 3.63) is 28.8 Å². The first-order chi connectivity index (χ1) is 5.59. The highest BCUT2D eigenvalue weighted by molar-refractivity contribution is 7.80. The Morgan fingerprint density at radius 3 is 2.67 bits per heavy atom. The molecule has 0 saturated heterocycles. The van der Waals surface area contributed by atoms with Crippen molar-refractivity contribution in [3.63, 3.8) is 0 Å². The van der Waals surface area contributed by atoms with Crippen molar-refractivity contribution in [2.75, 3.05) is 14.1 Å². The summed E-state index contributed by atoms with van der Waals surface area (Å²) in [6.45, 7) is 0.874. The van der Waals surface area contributed by atoms with Crippen LogP contribution in [0.1, 0.15) is 5.56 Å². The summed E-state index contributed by atoms with van der Waals surface area (Å²) in [5.41, 5.74) is 1.16. The SMILES string of the molecule is CN(C)Cc1cc(Cl)ccc1S. The number of thiol groups is 1. The fourth-order valence-electron chi connectivity index (χ4n) is 1.02. The molecule has 0 aliphatic rings. The Morgan fingerprint density at radius 2 is 2.08 bits per heavy atom. The third-order valence-corrected chi connectivity index (χ3v) is 2.20. The second-order valence-electron chi connectivity index (χ2n) is 3.01. The topological polar surface area (TPSA) is 3.24 Å². The summed E-state index contributed by atoms with van der Waals surface area (Å²) in [6.07, 6.45) is 0. The normalized spacial score (nSPS) is 10.8. The first-order valence-corrected chi connectivity index (χ1v) is 4.54. The second-order valence-corrected chi connectivity index (χ2v) is 3.93. The van der Waals surface area contributed by atoms with Gasteiger partial charge in [-0.1, -0.05) is 11.6 Å². The van der Waals surface area contributed by atoms with E-state index >= 15 is 0 Å². The van der Waals surface area contributed by atoms with Crippen LogP contribution >= 0.6 is 24.2 Å². The van der Waals surface area contributed by atoms with Crippen LogP contribution in [0.15, 0.2) is 23.1 Å². The van der Waals surface area contributed by atoms with Gasteiger partial charge >= 0.3 is 0 Å². The Balaban J connectivity index is 2.90. The molecule has 0 heterocycles. The third-order valence-electron chi connectivity index (χ3n) is 1.53. The predicted octanol–water partition coefficient (Wildman–Crippen LogP) is 2.69. The molecule has 66 valence electrons. The summed E-state index contributed by atoms with van der Waals surface area (Å²) in [7, 11) is 4.04. The molecule has 0 fully saturated rings. The minimum Gasteiger partial charge on any atom is -0.305 e. The molecule has 0 amide bonds. The van der Waals surface area contributed by atoms with E-state index in [0.29, 0.717) is 0 Å². The van der Waals surface area contributed by atoms with Crippen molar-refractivity contribution >= 4 is 24.2 Å². The van der Waals surface area contributed by atoms with E-state index in [-0.39, 0.29) is 0 Å². The van der Waals surface area contributed by atoms with Gasteiger partial charge < -0.3 is 4.90 Å². The van der Waals surface area contributed by atoms with Crippen molar-refractivity contribution in [1.29, 1.82) is 0 Å². The Bertz CT molecular complexity index is 273. The van der Waals surface area contributed by atoms with Crippen LogP contribution in [0.5, 0.6) is 0 Å². The third kappa shape index (κ3) is 2.70. The summed E-state index contributed by atoms with van der Waals surface area (Å²) < 4.78 is 0. The maximum Gasteiger partial charge on any atom is 0.0410 e. The van der Waals surface area contributed by atoms with Crippen LogP contribution in [-0.4, -0.2) is 19.0 Å². The van der Waals surface area contributed by atoms with Gasteiger partial charge in [0.1, 0.15) is 0 Å². The molecule has 0 atom stereocenters. The van der Waals surface area contributed by atoms with E-state index in [4.69, 9.17) is 11.6 Å².